The molecule has 9 heteroatoms. The lowest BCUT2D eigenvalue weighted by atomic mass is 10.0. The molecule has 172 valence electrons. The summed E-state index contributed by atoms with van der Waals surface area (Å²) in [6.45, 7) is 0.210. The second-order valence-electron chi connectivity index (χ2n) is 7.56. The molecule has 0 bridgehead atoms. The number of likely N-dealkylation sites (N-methyl/N-ethyl adjacent to an activating group) is 1. The summed E-state index contributed by atoms with van der Waals surface area (Å²) in [6, 6.07) is 14.1. The Kier molecular flexibility index (Phi) is 7.44. The molecule has 3 aromatic rings. The number of carbonyl (C=O) groups is 2. The predicted octanol–water partition coefficient (Wildman–Crippen LogP) is 4.05. The largest absolute Gasteiger partial charge is 0.416 e. The molecule has 1 atom stereocenters. The van der Waals surface area contributed by atoms with E-state index < -0.39 is 17.8 Å². The van der Waals surface area contributed by atoms with Crippen molar-refractivity contribution < 1.29 is 22.8 Å². The first kappa shape index (κ1) is 23.9. The van der Waals surface area contributed by atoms with E-state index in [0.29, 0.717) is 16.8 Å². The third kappa shape index (κ3) is 6.63. The van der Waals surface area contributed by atoms with Gasteiger partial charge in [-0.05, 0) is 47.5 Å². The van der Waals surface area contributed by atoms with Crippen LogP contribution in [0, 0.1) is 0 Å². The number of aromatic nitrogens is 1. The molecule has 0 saturated heterocycles. The van der Waals surface area contributed by atoms with E-state index in [9.17, 15) is 22.8 Å². The molecular weight excluding hydrogens is 433 g/mol. The third-order valence-corrected chi connectivity index (χ3v) is 5.07. The lowest BCUT2D eigenvalue weighted by Crippen LogP contribution is -2.35. The zero-order valence-electron chi connectivity index (χ0n) is 17.8. The average Bonchev–Trinajstić information content (AvgIpc) is 2.79. The Morgan fingerprint density at radius 2 is 1.61 bits per heavy atom. The van der Waals surface area contributed by atoms with Crippen LogP contribution in [0.15, 0.2) is 73.1 Å². The number of nitrogens with one attached hydrogen (secondary N) is 1. The van der Waals surface area contributed by atoms with E-state index in [-0.39, 0.29) is 24.8 Å². The summed E-state index contributed by atoms with van der Waals surface area (Å²) in [6.07, 6.45) is -1.29. The molecule has 33 heavy (non-hydrogen) atoms. The molecule has 1 aromatic heterocycles. The van der Waals surface area contributed by atoms with Crippen LogP contribution in [-0.4, -0.2) is 35.3 Å². The highest BCUT2D eigenvalue weighted by atomic mass is 19.4. The van der Waals surface area contributed by atoms with Gasteiger partial charge in [0.05, 0.1) is 12.0 Å². The molecule has 1 heterocycles. The number of halogens is 3. The van der Waals surface area contributed by atoms with Crippen molar-refractivity contribution in [1.29, 1.82) is 0 Å². The van der Waals surface area contributed by atoms with Crippen molar-refractivity contribution in [3.05, 3.63) is 95.3 Å². The van der Waals surface area contributed by atoms with Crippen LogP contribution >= 0.6 is 0 Å². The monoisotopic (exact) mass is 456 g/mol. The molecule has 0 spiro atoms. The van der Waals surface area contributed by atoms with Crippen molar-refractivity contribution in [2.45, 2.75) is 18.6 Å². The summed E-state index contributed by atoms with van der Waals surface area (Å²) >= 11 is 0. The zero-order valence-corrected chi connectivity index (χ0v) is 17.8. The maximum atomic E-state index is 12.7. The number of alkyl halides is 3. The molecule has 0 radical (unpaired) electrons. The Hall–Kier alpha value is -3.72. The minimum absolute atomic E-state index is 0.0323. The normalized spacial score (nSPS) is 12.2. The van der Waals surface area contributed by atoms with E-state index in [1.807, 2.05) is 0 Å². The fraction of sp³-hybridized carbons (Fsp3) is 0.208. The summed E-state index contributed by atoms with van der Waals surface area (Å²) < 4.78 is 38.0. The Bertz CT molecular complexity index is 1090. The van der Waals surface area contributed by atoms with E-state index >= 15 is 0 Å². The first-order chi connectivity index (χ1) is 15.6. The summed E-state index contributed by atoms with van der Waals surface area (Å²) in [5.41, 5.74) is 7.77. The molecule has 0 fully saturated rings. The smallest absolute Gasteiger partial charge is 0.344 e. The molecule has 6 nitrogen and oxygen atoms in total. The SMILES string of the molecule is CN(CC(N)c1ccc(C(=O)Nc2ccncc2)cc1)C(=O)Cc1ccc(C(F)(F)F)cc1. The van der Waals surface area contributed by atoms with Gasteiger partial charge in [-0.1, -0.05) is 24.3 Å². The molecule has 0 saturated carbocycles. The van der Waals surface area contributed by atoms with Crippen molar-refractivity contribution in [1.82, 2.24) is 9.88 Å². The zero-order chi connectivity index (χ0) is 24.0. The molecule has 3 N–H and O–H groups in total. The molecule has 0 aliphatic rings. The molecule has 3 rings (SSSR count). The summed E-state index contributed by atoms with van der Waals surface area (Å²) in [7, 11) is 1.59. The average molecular weight is 456 g/mol. The number of hydrogen-bond donors (Lipinski definition) is 2. The van der Waals surface area contributed by atoms with Crippen LogP contribution in [0.25, 0.3) is 0 Å². The first-order valence-electron chi connectivity index (χ1n) is 10.1. The van der Waals surface area contributed by atoms with Gasteiger partial charge in [0.25, 0.3) is 5.91 Å². The maximum absolute atomic E-state index is 12.7. The van der Waals surface area contributed by atoms with Gasteiger partial charge in [0.15, 0.2) is 0 Å². The van der Waals surface area contributed by atoms with Gasteiger partial charge in [0, 0.05) is 43.3 Å². The number of carbonyl (C=O) groups excluding carboxylic acids is 2. The summed E-state index contributed by atoms with van der Waals surface area (Å²) in [5, 5.41) is 2.76. The number of pyridine rings is 1. The quantitative estimate of drug-likeness (QED) is 0.561. The molecule has 0 aliphatic carbocycles. The van der Waals surface area contributed by atoms with E-state index in [1.165, 1.54) is 17.0 Å². The number of anilines is 1. The van der Waals surface area contributed by atoms with E-state index in [0.717, 1.165) is 17.7 Å². The van der Waals surface area contributed by atoms with E-state index in [4.69, 9.17) is 5.73 Å². The third-order valence-electron chi connectivity index (χ3n) is 5.07. The van der Waals surface area contributed by atoms with Crippen LogP contribution in [0.1, 0.15) is 33.1 Å². The molecule has 1 unspecified atom stereocenters. The number of benzene rings is 2. The van der Waals surface area contributed by atoms with Gasteiger partial charge in [-0.2, -0.15) is 13.2 Å². The second-order valence-corrected chi connectivity index (χ2v) is 7.56. The fourth-order valence-electron chi connectivity index (χ4n) is 3.14. The Balaban J connectivity index is 1.55. The number of hydrogen-bond acceptors (Lipinski definition) is 4. The van der Waals surface area contributed by atoms with Gasteiger partial charge in [0.1, 0.15) is 0 Å². The van der Waals surface area contributed by atoms with Gasteiger partial charge in [-0.25, -0.2) is 0 Å². The minimum atomic E-state index is -4.42. The number of amides is 2. The Morgan fingerprint density at radius 3 is 2.18 bits per heavy atom. The van der Waals surface area contributed by atoms with Crippen molar-refractivity contribution in [2.24, 2.45) is 5.73 Å². The van der Waals surface area contributed by atoms with Gasteiger partial charge in [-0.15, -0.1) is 0 Å². The van der Waals surface area contributed by atoms with Gasteiger partial charge >= 0.3 is 6.18 Å². The number of nitrogens with zero attached hydrogens (tertiary/aromatic N) is 2. The van der Waals surface area contributed by atoms with Gasteiger partial charge < -0.3 is 16.0 Å². The van der Waals surface area contributed by atoms with Gasteiger partial charge in [0.2, 0.25) is 5.91 Å². The lowest BCUT2D eigenvalue weighted by molar-refractivity contribution is -0.137. The topological polar surface area (TPSA) is 88.3 Å². The summed E-state index contributed by atoms with van der Waals surface area (Å²) in [4.78, 5) is 30.1. The van der Waals surface area contributed by atoms with E-state index in [1.54, 1.807) is 55.8 Å². The van der Waals surface area contributed by atoms with Crippen molar-refractivity contribution in [3.63, 3.8) is 0 Å². The van der Waals surface area contributed by atoms with Gasteiger partial charge in [-0.3, -0.25) is 14.6 Å². The fourth-order valence-corrected chi connectivity index (χ4v) is 3.14. The van der Waals surface area contributed by atoms with E-state index in [2.05, 4.69) is 10.3 Å². The molecular formula is C24H23F3N4O2. The number of rotatable bonds is 7. The second kappa shape index (κ2) is 10.3. The maximum Gasteiger partial charge on any atom is 0.416 e. The van der Waals surface area contributed by atoms with Crippen LogP contribution < -0.4 is 11.1 Å². The number of nitrogens with two attached hydrogens (primary N) is 1. The summed E-state index contributed by atoms with van der Waals surface area (Å²) in [5.74, 6) is -0.538. The van der Waals surface area contributed by atoms with Crippen LogP contribution in [0.3, 0.4) is 0 Å². The van der Waals surface area contributed by atoms with Crippen LogP contribution in [0.2, 0.25) is 0 Å². The highest BCUT2D eigenvalue weighted by Gasteiger charge is 2.30. The highest BCUT2D eigenvalue weighted by molar-refractivity contribution is 6.04. The predicted molar refractivity (Wildman–Crippen MR) is 118 cm³/mol. The minimum Gasteiger partial charge on any atom is -0.344 e. The Morgan fingerprint density at radius 1 is 1.00 bits per heavy atom. The van der Waals surface area contributed by atoms with Crippen LogP contribution in [-0.2, 0) is 17.4 Å². The molecule has 2 amide bonds. The van der Waals surface area contributed by atoms with Crippen molar-refractivity contribution in [3.8, 4) is 0 Å². The van der Waals surface area contributed by atoms with Crippen LogP contribution in [0.4, 0.5) is 18.9 Å². The first-order valence-corrected chi connectivity index (χ1v) is 10.1. The molecule has 2 aromatic carbocycles. The van der Waals surface area contributed by atoms with Crippen molar-refractivity contribution in [2.75, 3.05) is 18.9 Å². The standard InChI is InChI=1S/C24H23F3N4O2/c1-31(22(32)14-16-2-8-19(9-3-16)24(25,26)27)15-21(28)17-4-6-18(7-5-17)23(33)30-20-10-12-29-13-11-20/h2-13,21H,14-15,28H2,1H3,(H,29,30,33). The van der Waals surface area contributed by atoms with Crippen LogP contribution in [0.5, 0.6) is 0 Å². The Labute approximate surface area is 189 Å². The van der Waals surface area contributed by atoms with Crippen molar-refractivity contribution >= 4 is 17.5 Å². The lowest BCUT2D eigenvalue weighted by Gasteiger charge is -2.22. The highest BCUT2D eigenvalue weighted by Crippen LogP contribution is 2.29. The molecule has 0 aliphatic heterocycles.